The van der Waals surface area contributed by atoms with Gasteiger partial charge < -0.3 is 5.73 Å². The fourth-order valence-corrected chi connectivity index (χ4v) is 4.38. The minimum absolute atomic E-state index is 0.387. The molecule has 0 bridgehead atoms. The molecule has 0 spiro atoms. The van der Waals surface area contributed by atoms with Gasteiger partial charge in [-0.25, -0.2) is 4.72 Å². The highest BCUT2D eigenvalue weighted by atomic mass is 32.2. The summed E-state index contributed by atoms with van der Waals surface area (Å²) in [5.41, 5.74) is 5.53. The van der Waals surface area contributed by atoms with Crippen LogP contribution in [0.15, 0.2) is 0 Å². The van der Waals surface area contributed by atoms with Crippen molar-refractivity contribution in [2.24, 2.45) is 11.7 Å². The van der Waals surface area contributed by atoms with Crippen molar-refractivity contribution >= 4 is 10.2 Å². The van der Waals surface area contributed by atoms with E-state index < -0.39 is 10.2 Å². The van der Waals surface area contributed by atoms with Crippen LogP contribution in [-0.4, -0.2) is 38.4 Å². The third kappa shape index (κ3) is 3.04. The van der Waals surface area contributed by atoms with Gasteiger partial charge in [-0.2, -0.15) is 12.7 Å². The largest absolute Gasteiger partial charge is 0.329 e. The van der Waals surface area contributed by atoms with E-state index in [0.717, 1.165) is 31.6 Å². The fourth-order valence-electron chi connectivity index (χ4n) is 3.05. The van der Waals surface area contributed by atoms with E-state index in [1.807, 2.05) is 6.92 Å². The van der Waals surface area contributed by atoms with E-state index in [1.54, 1.807) is 4.31 Å². The summed E-state index contributed by atoms with van der Waals surface area (Å²) < 4.78 is 28.2. The van der Waals surface area contributed by atoms with Gasteiger partial charge in [0.25, 0.3) is 10.2 Å². The highest BCUT2D eigenvalue weighted by Crippen LogP contribution is 2.38. The lowest BCUT2D eigenvalue weighted by molar-refractivity contribution is 0.113. The highest BCUT2D eigenvalue weighted by molar-refractivity contribution is 7.87. The number of likely N-dealkylation sites (N-methyl/N-ethyl adjacent to an activating group) is 1. The topological polar surface area (TPSA) is 75.4 Å². The zero-order chi connectivity index (χ0) is 13.8. The molecule has 0 radical (unpaired) electrons. The van der Waals surface area contributed by atoms with Crippen molar-refractivity contribution in [1.82, 2.24) is 9.03 Å². The Labute approximate surface area is 111 Å². The summed E-state index contributed by atoms with van der Waals surface area (Å²) >= 11 is 0. The van der Waals surface area contributed by atoms with E-state index in [-0.39, 0.29) is 5.54 Å². The second kappa shape index (κ2) is 6.32. The van der Waals surface area contributed by atoms with Gasteiger partial charge in [-0.1, -0.05) is 20.3 Å². The predicted molar refractivity (Wildman–Crippen MR) is 74.4 cm³/mol. The molecule has 5 nitrogen and oxygen atoms in total. The van der Waals surface area contributed by atoms with E-state index in [2.05, 4.69) is 11.6 Å². The van der Waals surface area contributed by atoms with Crippen LogP contribution in [0.5, 0.6) is 0 Å². The molecule has 3 N–H and O–H groups in total. The molecule has 0 aromatic heterocycles. The molecule has 0 aromatic carbocycles. The molecule has 1 saturated carbocycles. The van der Waals surface area contributed by atoms with Crippen molar-refractivity contribution in [2.75, 3.05) is 20.1 Å². The Morgan fingerprint density at radius 3 is 2.22 bits per heavy atom. The summed E-state index contributed by atoms with van der Waals surface area (Å²) in [6, 6.07) is 0. The number of nitrogens with two attached hydrogens (primary N) is 1. The molecule has 0 aliphatic heterocycles. The van der Waals surface area contributed by atoms with E-state index in [0.29, 0.717) is 13.1 Å². The van der Waals surface area contributed by atoms with Gasteiger partial charge in [0, 0.05) is 25.7 Å². The van der Waals surface area contributed by atoms with Crippen molar-refractivity contribution in [3.63, 3.8) is 0 Å². The fraction of sp³-hybridized carbons (Fsp3) is 1.00. The number of nitrogens with one attached hydrogen (secondary N) is 1. The molecule has 18 heavy (non-hydrogen) atoms. The zero-order valence-electron chi connectivity index (χ0n) is 11.8. The van der Waals surface area contributed by atoms with Crippen molar-refractivity contribution in [3.05, 3.63) is 0 Å². The lowest BCUT2D eigenvalue weighted by Crippen LogP contribution is -2.59. The lowest BCUT2D eigenvalue weighted by atomic mass is 9.75. The molecule has 0 atom stereocenters. The minimum atomic E-state index is -3.40. The second-order valence-electron chi connectivity index (χ2n) is 5.15. The van der Waals surface area contributed by atoms with Crippen LogP contribution in [0.1, 0.15) is 46.0 Å². The van der Waals surface area contributed by atoms with Crippen LogP contribution in [0.3, 0.4) is 0 Å². The Bertz CT molecular complexity index is 348. The number of nitrogens with zero attached hydrogens (tertiary/aromatic N) is 1. The Kier molecular flexibility index (Phi) is 5.58. The van der Waals surface area contributed by atoms with E-state index in [4.69, 9.17) is 5.73 Å². The molecule has 1 rings (SSSR count). The maximum absolute atomic E-state index is 12.1. The Balaban J connectivity index is 2.94. The van der Waals surface area contributed by atoms with Gasteiger partial charge in [0.15, 0.2) is 0 Å². The molecule has 1 aliphatic carbocycles. The van der Waals surface area contributed by atoms with Crippen LogP contribution < -0.4 is 10.5 Å². The van der Waals surface area contributed by atoms with E-state index >= 15 is 0 Å². The molecule has 1 fully saturated rings. The first kappa shape index (κ1) is 15.9. The zero-order valence-corrected chi connectivity index (χ0v) is 12.6. The van der Waals surface area contributed by atoms with Crippen LogP contribution in [0.4, 0.5) is 0 Å². The van der Waals surface area contributed by atoms with Crippen molar-refractivity contribution < 1.29 is 8.42 Å². The van der Waals surface area contributed by atoms with Gasteiger partial charge in [0.05, 0.1) is 0 Å². The molecule has 0 aromatic rings. The number of hydrogen-bond donors (Lipinski definition) is 2. The van der Waals surface area contributed by atoms with Crippen LogP contribution in [0.25, 0.3) is 0 Å². The first-order valence-electron chi connectivity index (χ1n) is 6.87. The standard InChI is InChI=1S/C12H27N3O2S/c1-4-11-6-8-12(10-13,9-7-11)15(5-2)18(16,17)14-3/h11,14H,4-10,13H2,1-3H3. The van der Waals surface area contributed by atoms with Gasteiger partial charge in [-0.15, -0.1) is 0 Å². The number of hydrogen-bond acceptors (Lipinski definition) is 3. The maximum atomic E-state index is 12.1. The molecule has 0 saturated heterocycles. The predicted octanol–water partition coefficient (Wildman–Crippen LogP) is 1.07. The van der Waals surface area contributed by atoms with E-state index in [1.165, 1.54) is 13.5 Å². The summed E-state index contributed by atoms with van der Waals surface area (Å²) in [4.78, 5) is 0. The van der Waals surface area contributed by atoms with Crippen LogP contribution in [-0.2, 0) is 10.2 Å². The smallest absolute Gasteiger partial charge is 0.279 e. The molecular formula is C12H27N3O2S. The summed E-state index contributed by atoms with van der Waals surface area (Å²) in [5.74, 6) is 0.723. The molecule has 6 heteroatoms. The summed E-state index contributed by atoms with van der Waals surface area (Å²) in [6.07, 6.45) is 5.06. The molecule has 0 unspecified atom stereocenters. The van der Waals surface area contributed by atoms with Crippen LogP contribution in [0, 0.1) is 5.92 Å². The molecule has 0 heterocycles. The maximum Gasteiger partial charge on any atom is 0.279 e. The van der Waals surface area contributed by atoms with Gasteiger partial charge >= 0.3 is 0 Å². The molecular weight excluding hydrogens is 250 g/mol. The Morgan fingerprint density at radius 1 is 1.33 bits per heavy atom. The SMILES string of the molecule is CCC1CCC(CN)(N(CC)S(=O)(=O)NC)CC1. The van der Waals surface area contributed by atoms with Crippen LogP contribution >= 0.6 is 0 Å². The first-order valence-corrected chi connectivity index (χ1v) is 8.31. The average molecular weight is 277 g/mol. The second-order valence-corrected chi connectivity index (χ2v) is 6.95. The summed E-state index contributed by atoms with van der Waals surface area (Å²) in [6.45, 7) is 4.94. The lowest BCUT2D eigenvalue weighted by Gasteiger charge is -2.46. The first-order chi connectivity index (χ1) is 8.45. The van der Waals surface area contributed by atoms with Gasteiger partial charge in [0.2, 0.25) is 0 Å². The van der Waals surface area contributed by atoms with Gasteiger partial charge in [0.1, 0.15) is 0 Å². The molecule has 108 valence electrons. The summed E-state index contributed by atoms with van der Waals surface area (Å²) in [7, 11) is -1.94. The van der Waals surface area contributed by atoms with Gasteiger partial charge in [-0.3, -0.25) is 0 Å². The van der Waals surface area contributed by atoms with Gasteiger partial charge in [-0.05, 0) is 31.6 Å². The third-order valence-electron chi connectivity index (χ3n) is 4.36. The Hall–Kier alpha value is -0.170. The normalized spacial score (nSPS) is 29.7. The quantitative estimate of drug-likeness (QED) is 0.762. The third-order valence-corrected chi connectivity index (χ3v) is 6.10. The monoisotopic (exact) mass is 277 g/mol. The highest BCUT2D eigenvalue weighted by Gasteiger charge is 2.43. The van der Waals surface area contributed by atoms with Crippen molar-refractivity contribution in [1.29, 1.82) is 0 Å². The molecule has 0 amide bonds. The summed E-state index contributed by atoms with van der Waals surface area (Å²) in [5, 5.41) is 0. The minimum Gasteiger partial charge on any atom is -0.329 e. The van der Waals surface area contributed by atoms with Crippen LogP contribution in [0.2, 0.25) is 0 Å². The average Bonchev–Trinajstić information content (AvgIpc) is 2.40. The van der Waals surface area contributed by atoms with Crippen molar-refractivity contribution in [3.8, 4) is 0 Å². The van der Waals surface area contributed by atoms with E-state index in [9.17, 15) is 8.42 Å². The number of rotatable bonds is 6. The van der Waals surface area contributed by atoms with Crippen molar-refractivity contribution in [2.45, 2.75) is 51.5 Å². The Morgan fingerprint density at radius 2 is 1.89 bits per heavy atom. The molecule has 1 aliphatic rings.